The molecule has 1 saturated heterocycles. The number of ether oxygens (including phenoxy) is 1. The number of β-lactam (4-membered cyclic amide) rings is 1. The first-order chi connectivity index (χ1) is 5.31. The number of carbonyl (C=O) groups excluding carboxylic acids is 1. The molecular weight excluding hydrogens is 166 g/mol. The number of hydrogen-bond acceptors (Lipinski definition) is 2. The lowest BCUT2D eigenvalue weighted by Crippen LogP contribution is -2.53. The van der Waals surface area contributed by atoms with E-state index in [0.29, 0.717) is 18.9 Å². The average molecular weight is 174 g/mol. The topological polar surface area (TPSA) is 29.5 Å². The number of fused-ring (bicyclic) bond motifs is 1. The summed E-state index contributed by atoms with van der Waals surface area (Å²) in [6, 6.07) is 0. The Kier molecular flexibility index (Phi) is 1.62. The zero-order valence-electron chi connectivity index (χ0n) is 5.92. The van der Waals surface area contributed by atoms with Crippen LogP contribution in [0.2, 0.25) is 0 Å². The van der Waals surface area contributed by atoms with Crippen molar-refractivity contribution in [1.82, 2.24) is 4.90 Å². The quantitative estimate of drug-likeness (QED) is 0.432. The van der Waals surface area contributed by atoms with Crippen LogP contribution < -0.4 is 0 Å². The van der Waals surface area contributed by atoms with E-state index in [-0.39, 0.29) is 12.1 Å². The molecule has 4 heteroatoms. The van der Waals surface area contributed by atoms with Gasteiger partial charge in [0.15, 0.2) is 0 Å². The molecule has 60 valence electrons. The molecule has 11 heavy (non-hydrogen) atoms. The van der Waals surface area contributed by atoms with E-state index in [0.717, 1.165) is 5.57 Å². The van der Waals surface area contributed by atoms with Crippen LogP contribution in [-0.4, -0.2) is 29.5 Å². The van der Waals surface area contributed by atoms with Crippen molar-refractivity contribution in [1.29, 1.82) is 0 Å². The number of hydrogen-bond donors (Lipinski definition) is 0. The van der Waals surface area contributed by atoms with Gasteiger partial charge in [0.2, 0.25) is 5.91 Å². The Balaban J connectivity index is 2.13. The maximum Gasteiger partial charge on any atom is 0.233 e. The molecule has 0 aliphatic carbocycles. The Hall–Kier alpha value is -0.540. The van der Waals surface area contributed by atoms with Crippen molar-refractivity contribution in [2.75, 3.05) is 12.5 Å². The molecule has 0 unspecified atom stereocenters. The van der Waals surface area contributed by atoms with Crippen LogP contribution in [0.4, 0.5) is 0 Å². The summed E-state index contributed by atoms with van der Waals surface area (Å²) >= 11 is 5.58. The molecule has 0 aromatic rings. The van der Waals surface area contributed by atoms with E-state index < -0.39 is 0 Å². The normalized spacial score (nSPS) is 29.2. The first-order valence-corrected chi connectivity index (χ1v) is 4.03. The molecule has 2 rings (SSSR count). The lowest BCUT2D eigenvalue weighted by atomic mass is 10.1. The molecule has 0 radical (unpaired) electrons. The smallest absolute Gasteiger partial charge is 0.233 e. The largest absolute Gasteiger partial charge is 0.353 e. The van der Waals surface area contributed by atoms with Crippen molar-refractivity contribution in [3.8, 4) is 0 Å². The maximum atomic E-state index is 10.9. The van der Waals surface area contributed by atoms with Crippen molar-refractivity contribution < 1.29 is 9.53 Å². The maximum absolute atomic E-state index is 10.9. The number of carbonyl (C=O) groups is 1. The molecule has 1 atom stereocenters. The van der Waals surface area contributed by atoms with E-state index in [4.69, 9.17) is 16.3 Å². The predicted octanol–water partition coefficient (Wildman–Crippen LogP) is 0.698. The molecule has 0 spiro atoms. The summed E-state index contributed by atoms with van der Waals surface area (Å²) in [6.07, 6.45) is 2.31. The van der Waals surface area contributed by atoms with Gasteiger partial charge in [-0.25, -0.2) is 0 Å². The Morgan fingerprint density at radius 3 is 3.27 bits per heavy atom. The number of amides is 1. The minimum absolute atomic E-state index is 0.00512. The molecule has 0 bridgehead atoms. The predicted molar refractivity (Wildman–Crippen MR) is 40.0 cm³/mol. The molecule has 0 N–H and O–H groups in total. The Morgan fingerprint density at radius 2 is 2.64 bits per heavy atom. The van der Waals surface area contributed by atoms with E-state index in [2.05, 4.69) is 0 Å². The number of rotatable bonds is 1. The molecule has 2 heterocycles. The van der Waals surface area contributed by atoms with Crippen molar-refractivity contribution in [3.05, 3.63) is 11.8 Å². The van der Waals surface area contributed by atoms with Crippen LogP contribution in [0.5, 0.6) is 0 Å². The second kappa shape index (κ2) is 2.50. The van der Waals surface area contributed by atoms with Crippen molar-refractivity contribution in [2.24, 2.45) is 0 Å². The second-order valence-electron chi connectivity index (χ2n) is 2.69. The molecule has 0 aromatic carbocycles. The third kappa shape index (κ3) is 1.04. The number of halogens is 1. The second-order valence-corrected chi connectivity index (χ2v) is 2.96. The number of alkyl halides is 1. The standard InChI is InChI=1S/C7H8ClNO2/c8-2-5-3-9-6(10)1-7(9)11-4-5/h3,7H,1-2,4H2/t7-/m1/s1. The summed E-state index contributed by atoms with van der Waals surface area (Å²) in [5, 5.41) is 0. The van der Waals surface area contributed by atoms with Crippen molar-refractivity contribution in [2.45, 2.75) is 12.6 Å². The van der Waals surface area contributed by atoms with Crippen LogP contribution in [0.25, 0.3) is 0 Å². The van der Waals surface area contributed by atoms with E-state index in [9.17, 15) is 4.79 Å². The van der Waals surface area contributed by atoms with E-state index in [1.807, 2.05) is 0 Å². The Labute approximate surface area is 69.6 Å². The van der Waals surface area contributed by atoms with Crippen LogP contribution in [0.15, 0.2) is 11.8 Å². The fourth-order valence-corrected chi connectivity index (χ4v) is 1.35. The van der Waals surface area contributed by atoms with Gasteiger partial charge in [0, 0.05) is 12.1 Å². The summed E-state index contributed by atoms with van der Waals surface area (Å²) < 4.78 is 5.30. The highest BCUT2D eigenvalue weighted by atomic mass is 35.5. The fourth-order valence-electron chi connectivity index (χ4n) is 1.21. The lowest BCUT2D eigenvalue weighted by molar-refractivity contribution is -0.167. The zero-order valence-corrected chi connectivity index (χ0v) is 6.67. The third-order valence-corrected chi connectivity index (χ3v) is 2.25. The van der Waals surface area contributed by atoms with Gasteiger partial charge in [-0.1, -0.05) is 0 Å². The van der Waals surface area contributed by atoms with Crippen molar-refractivity contribution in [3.63, 3.8) is 0 Å². The molecule has 1 amide bonds. The van der Waals surface area contributed by atoms with Gasteiger partial charge in [-0.05, 0) is 5.57 Å². The summed E-state index contributed by atoms with van der Waals surface area (Å²) in [5.41, 5.74) is 0.968. The molecule has 1 fully saturated rings. The first kappa shape index (κ1) is 7.13. The molecular formula is C7H8ClNO2. The highest BCUT2D eigenvalue weighted by molar-refractivity contribution is 6.19. The lowest BCUT2D eigenvalue weighted by Gasteiger charge is -2.40. The Morgan fingerprint density at radius 1 is 1.82 bits per heavy atom. The minimum atomic E-state index is -0.00512. The van der Waals surface area contributed by atoms with E-state index in [1.54, 1.807) is 11.1 Å². The van der Waals surface area contributed by atoms with Gasteiger partial charge in [0.1, 0.15) is 6.23 Å². The van der Waals surface area contributed by atoms with Crippen LogP contribution in [0, 0.1) is 0 Å². The highest BCUT2D eigenvalue weighted by Gasteiger charge is 2.38. The number of nitrogens with zero attached hydrogens (tertiary/aromatic N) is 1. The molecule has 0 saturated carbocycles. The third-order valence-electron chi connectivity index (χ3n) is 1.90. The van der Waals surface area contributed by atoms with Gasteiger partial charge < -0.3 is 4.74 Å². The first-order valence-electron chi connectivity index (χ1n) is 3.49. The van der Waals surface area contributed by atoms with Crippen LogP contribution in [0.1, 0.15) is 6.42 Å². The van der Waals surface area contributed by atoms with Crippen LogP contribution in [-0.2, 0) is 9.53 Å². The molecule has 2 aliphatic rings. The molecule has 3 nitrogen and oxygen atoms in total. The van der Waals surface area contributed by atoms with Gasteiger partial charge in [-0.3, -0.25) is 9.69 Å². The summed E-state index contributed by atoms with van der Waals surface area (Å²) in [5.74, 6) is 0.563. The Bertz CT molecular complexity index is 226. The van der Waals surface area contributed by atoms with E-state index in [1.165, 1.54) is 0 Å². The van der Waals surface area contributed by atoms with Crippen LogP contribution in [0.3, 0.4) is 0 Å². The average Bonchev–Trinajstić information content (AvgIpc) is 2.03. The van der Waals surface area contributed by atoms with Gasteiger partial charge in [0.05, 0.1) is 13.0 Å². The van der Waals surface area contributed by atoms with Gasteiger partial charge in [-0.15, -0.1) is 11.6 Å². The summed E-state index contributed by atoms with van der Waals surface area (Å²) in [6.45, 7) is 0.567. The van der Waals surface area contributed by atoms with Gasteiger partial charge in [-0.2, -0.15) is 0 Å². The van der Waals surface area contributed by atoms with Crippen molar-refractivity contribution >= 4 is 17.5 Å². The monoisotopic (exact) mass is 173 g/mol. The molecule has 0 aromatic heterocycles. The summed E-state index contributed by atoms with van der Waals surface area (Å²) in [4.78, 5) is 12.5. The van der Waals surface area contributed by atoms with Crippen LogP contribution >= 0.6 is 11.6 Å². The summed E-state index contributed by atoms with van der Waals surface area (Å²) in [7, 11) is 0. The van der Waals surface area contributed by atoms with E-state index >= 15 is 0 Å². The molecule has 2 aliphatic heterocycles. The highest BCUT2D eigenvalue weighted by Crippen LogP contribution is 2.26. The SMILES string of the molecule is O=C1C[C@H]2OCC(CCl)=CN12. The zero-order chi connectivity index (χ0) is 7.84. The van der Waals surface area contributed by atoms with Gasteiger partial charge in [0.25, 0.3) is 0 Å². The van der Waals surface area contributed by atoms with Gasteiger partial charge >= 0.3 is 0 Å². The fraction of sp³-hybridized carbons (Fsp3) is 0.571. The minimum Gasteiger partial charge on any atom is -0.353 e.